The van der Waals surface area contributed by atoms with Gasteiger partial charge in [0.25, 0.3) is 0 Å². The van der Waals surface area contributed by atoms with Gasteiger partial charge in [0, 0.05) is 37.4 Å². The van der Waals surface area contributed by atoms with E-state index in [-0.39, 0.29) is 6.73 Å². The van der Waals surface area contributed by atoms with Gasteiger partial charge in [0.1, 0.15) is 18.9 Å². The van der Waals surface area contributed by atoms with Crippen LogP contribution in [-0.2, 0) is 20.3 Å². The number of hydrogen-bond acceptors (Lipinski definition) is 7. The molecule has 0 spiro atoms. The minimum absolute atomic E-state index is 0.169. The van der Waals surface area contributed by atoms with Gasteiger partial charge >= 0.3 is 0 Å². The van der Waals surface area contributed by atoms with Crippen molar-refractivity contribution in [2.75, 3.05) is 10.7 Å². The van der Waals surface area contributed by atoms with E-state index in [0.717, 1.165) is 27.7 Å². The Morgan fingerprint density at radius 1 is 1.06 bits per heavy atom. The molecule has 0 unspecified atom stereocenters. The lowest BCUT2D eigenvalue weighted by Gasteiger charge is -2.11. The monoisotopic (exact) mass is 415 g/mol. The summed E-state index contributed by atoms with van der Waals surface area (Å²) in [6, 6.07) is 10.3. The summed E-state index contributed by atoms with van der Waals surface area (Å²) in [5.74, 6) is 1.13. The molecule has 0 aliphatic carbocycles. The highest BCUT2D eigenvalue weighted by atomic mass is 16.3. The summed E-state index contributed by atoms with van der Waals surface area (Å²) in [7, 11) is 1.91. The molecule has 0 radical (unpaired) electrons. The van der Waals surface area contributed by atoms with Crippen LogP contribution in [0.2, 0.25) is 0 Å². The molecule has 0 aliphatic heterocycles. The first-order valence-electron chi connectivity index (χ1n) is 9.74. The van der Waals surface area contributed by atoms with Crippen LogP contribution in [-0.4, -0.2) is 39.1 Å². The van der Waals surface area contributed by atoms with Crippen molar-refractivity contribution in [3.8, 4) is 11.1 Å². The molecule has 0 amide bonds. The Bertz CT molecular complexity index is 1330. The van der Waals surface area contributed by atoms with Crippen molar-refractivity contribution >= 4 is 22.8 Å². The first kappa shape index (κ1) is 18.8. The molecule has 5 rings (SSSR count). The van der Waals surface area contributed by atoms with Gasteiger partial charge in [0.15, 0.2) is 5.65 Å². The molecule has 10 heteroatoms. The Morgan fingerprint density at radius 2 is 2.00 bits per heavy atom. The molecule has 0 saturated heterocycles. The molecule has 5 aromatic rings. The molecule has 0 atom stereocenters. The van der Waals surface area contributed by atoms with Crippen molar-refractivity contribution in [3.05, 3.63) is 73.2 Å². The van der Waals surface area contributed by atoms with Crippen molar-refractivity contribution < 1.29 is 5.11 Å². The third kappa shape index (κ3) is 3.71. The van der Waals surface area contributed by atoms with Crippen molar-refractivity contribution in [1.29, 1.82) is 0 Å². The number of aryl methyl sites for hydroxylation is 1. The Morgan fingerprint density at radius 3 is 2.84 bits per heavy atom. The third-order valence-corrected chi connectivity index (χ3v) is 5.00. The maximum atomic E-state index is 9.41. The van der Waals surface area contributed by atoms with E-state index in [1.54, 1.807) is 21.6 Å². The fraction of sp³-hybridized carbons (Fsp3) is 0.143. The summed E-state index contributed by atoms with van der Waals surface area (Å²) in [5.41, 5.74) is 7.48. The molecule has 0 fully saturated rings. The van der Waals surface area contributed by atoms with E-state index >= 15 is 0 Å². The summed E-state index contributed by atoms with van der Waals surface area (Å²) in [5, 5.41) is 17.6. The van der Waals surface area contributed by atoms with Gasteiger partial charge in [-0.15, -0.1) is 0 Å². The van der Waals surface area contributed by atoms with Gasteiger partial charge in [-0.1, -0.05) is 18.2 Å². The second-order valence-corrected chi connectivity index (χ2v) is 7.07. The Hall–Kier alpha value is -4.18. The van der Waals surface area contributed by atoms with E-state index in [4.69, 9.17) is 0 Å². The largest absolute Gasteiger partial charge is 0.376 e. The van der Waals surface area contributed by atoms with Crippen LogP contribution in [0, 0.1) is 0 Å². The second-order valence-electron chi connectivity index (χ2n) is 7.07. The first-order chi connectivity index (χ1) is 15.2. The maximum Gasteiger partial charge on any atom is 0.210 e. The average Bonchev–Trinajstić information content (AvgIpc) is 3.52. The maximum absolute atomic E-state index is 9.41. The lowest BCUT2D eigenvalue weighted by Crippen LogP contribution is -2.14. The summed E-state index contributed by atoms with van der Waals surface area (Å²) >= 11 is 0. The van der Waals surface area contributed by atoms with Gasteiger partial charge in [-0.05, 0) is 23.3 Å². The van der Waals surface area contributed by atoms with Crippen molar-refractivity contribution in [3.63, 3.8) is 0 Å². The number of benzene rings is 1. The van der Waals surface area contributed by atoms with Crippen molar-refractivity contribution in [2.45, 2.75) is 13.3 Å². The zero-order valence-corrected chi connectivity index (χ0v) is 16.8. The van der Waals surface area contributed by atoms with E-state index < -0.39 is 0 Å². The van der Waals surface area contributed by atoms with Crippen LogP contribution < -0.4 is 10.7 Å². The quantitative estimate of drug-likeness (QED) is 0.374. The number of fused-ring (bicyclic) bond motifs is 1. The number of aromatic nitrogens is 7. The summed E-state index contributed by atoms with van der Waals surface area (Å²) < 4.78 is 5.25. The Balaban J connectivity index is 1.36. The Labute approximate surface area is 177 Å². The lowest BCUT2D eigenvalue weighted by atomic mass is 10.1. The van der Waals surface area contributed by atoms with Gasteiger partial charge < -0.3 is 15.8 Å². The SMILES string of the molecule is Cn1cc(-c2cccc(CNn3ccc4c(Nc5nccn5CO)ncnc43)c2)cn1. The lowest BCUT2D eigenvalue weighted by molar-refractivity contribution is 0.212. The van der Waals surface area contributed by atoms with Crippen molar-refractivity contribution in [2.24, 2.45) is 7.05 Å². The smallest absolute Gasteiger partial charge is 0.210 e. The number of nitrogens with zero attached hydrogens (tertiary/aromatic N) is 7. The van der Waals surface area contributed by atoms with E-state index in [9.17, 15) is 5.11 Å². The molecule has 3 N–H and O–H groups in total. The molecule has 0 saturated carbocycles. The molecule has 4 aromatic heterocycles. The molecule has 10 nitrogen and oxygen atoms in total. The molecule has 4 heterocycles. The van der Waals surface area contributed by atoms with Crippen LogP contribution >= 0.6 is 0 Å². The van der Waals surface area contributed by atoms with Gasteiger partial charge in [0.05, 0.1) is 18.1 Å². The Kier molecular flexibility index (Phi) is 4.81. The van der Waals surface area contributed by atoms with E-state index in [2.05, 4.69) is 49.0 Å². The predicted molar refractivity (Wildman–Crippen MR) is 117 cm³/mol. The van der Waals surface area contributed by atoms with E-state index in [0.29, 0.717) is 18.3 Å². The zero-order chi connectivity index (χ0) is 21.2. The number of aliphatic hydroxyl groups excluding tert-OH is 1. The van der Waals surface area contributed by atoms with Crippen LogP contribution in [0.25, 0.3) is 22.2 Å². The minimum Gasteiger partial charge on any atom is -0.376 e. The van der Waals surface area contributed by atoms with Gasteiger partial charge in [-0.2, -0.15) is 5.10 Å². The highest BCUT2D eigenvalue weighted by Crippen LogP contribution is 2.23. The minimum atomic E-state index is -0.169. The van der Waals surface area contributed by atoms with Crippen LogP contribution in [0.4, 0.5) is 11.8 Å². The molecule has 0 bridgehead atoms. The van der Waals surface area contributed by atoms with Crippen LogP contribution in [0.5, 0.6) is 0 Å². The van der Waals surface area contributed by atoms with Crippen molar-refractivity contribution in [1.82, 2.24) is 34.0 Å². The van der Waals surface area contributed by atoms with Crippen LogP contribution in [0.15, 0.2) is 67.6 Å². The average molecular weight is 415 g/mol. The van der Waals surface area contributed by atoms with Gasteiger partial charge in [0.2, 0.25) is 5.95 Å². The fourth-order valence-electron chi connectivity index (χ4n) is 3.44. The molecular formula is C21H21N9O. The number of aliphatic hydroxyl groups is 1. The fourth-order valence-corrected chi connectivity index (χ4v) is 3.44. The molecular weight excluding hydrogens is 394 g/mol. The highest BCUT2D eigenvalue weighted by Gasteiger charge is 2.11. The van der Waals surface area contributed by atoms with E-state index in [1.165, 1.54) is 6.33 Å². The number of anilines is 2. The van der Waals surface area contributed by atoms with Crippen LogP contribution in [0.1, 0.15) is 5.56 Å². The number of hydrogen-bond donors (Lipinski definition) is 3. The highest BCUT2D eigenvalue weighted by molar-refractivity contribution is 5.88. The summed E-state index contributed by atoms with van der Waals surface area (Å²) in [4.78, 5) is 13.0. The van der Waals surface area contributed by atoms with Gasteiger partial charge in [-0.3, -0.25) is 9.25 Å². The number of rotatable bonds is 7. The molecule has 1 aromatic carbocycles. The van der Waals surface area contributed by atoms with Gasteiger partial charge in [-0.25, -0.2) is 19.6 Å². The second kappa shape index (κ2) is 7.92. The molecule has 0 aliphatic rings. The number of imidazole rings is 1. The standard InChI is InChI=1S/C21H21N9O/c1-28-12-17(11-25-28)16-4-2-3-15(9-16)10-26-30-7-5-18-19(23-13-24-20(18)30)27-21-22-6-8-29(21)14-31/h2-9,11-13,26,31H,10,14H2,1H3,(H,22,23,24,27). The predicted octanol–water partition coefficient (Wildman–Crippen LogP) is 2.47. The summed E-state index contributed by atoms with van der Waals surface area (Å²) in [6.45, 7) is 0.455. The molecule has 156 valence electrons. The van der Waals surface area contributed by atoms with Crippen LogP contribution in [0.3, 0.4) is 0 Å². The molecule has 31 heavy (non-hydrogen) atoms. The summed E-state index contributed by atoms with van der Waals surface area (Å²) in [6.07, 6.45) is 10.6. The third-order valence-electron chi connectivity index (χ3n) is 5.00. The first-order valence-corrected chi connectivity index (χ1v) is 9.74. The normalized spacial score (nSPS) is 11.2. The topological polar surface area (TPSA) is 111 Å². The number of nitrogens with one attached hydrogen (secondary N) is 2. The van der Waals surface area contributed by atoms with E-state index in [1.807, 2.05) is 42.4 Å². The zero-order valence-electron chi connectivity index (χ0n) is 16.8.